The number of alkyl halides is 1. The normalized spacial score (nSPS) is 22.5. The Morgan fingerprint density at radius 2 is 1.85 bits per heavy atom. The zero-order valence-corrected chi connectivity index (χ0v) is 25.7. The molecular formula is C28H36F3N5O3SSi. The lowest BCUT2D eigenvalue weighted by atomic mass is 10.0. The van der Waals surface area contributed by atoms with E-state index in [0.717, 1.165) is 18.2 Å². The molecule has 1 aromatic carbocycles. The summed E-state index contributed by atoms with van der Waals surface area (Å²) in [6.07, 6.45) is 0.594. The van der Waals surface area contributed by atoms with Crippen molar-refractivity contribution in [3.63, 3.8) is 0 Å². The molecule has 0 saturated carbocycles. The number of halogens is 3. The second-order valence-corrected chi connectivity index (χ2v) is 18.7. The van der Waals surface area contributed by atoms with Gasteiger partial charge in [0.05, 0.1) is 29.9 Å². The second-order valence-electron chi connectivity index (χ2n) is 12.3. The van der Waals surface area contributed by atoms with Crippen molar-refractivity contribution >= 4 is 41.1 Å². The van der Waals surface area contributed by atoms with E-state index in [2.05, 4.69) is 48.6 Å². The van der Waals surface area contributed by atoms with Crippen LogP contribution in [0.5, 0.6) is 0 Å². The summed E-state index contributed by atoms with van der Waals surface area (Å²) in [5.74, 6) is -0.938. The van der Waals surface area contributed by atoms with Gasteiger partial charge in [-0.1, -0.05) is 20.8 Å². The van der Waals surface area contributed by atoms with Crippen molar-refractivity contribution in [2.45, 2.75) is 70.1 Å². The van der Waals surface area contributed by atoms with Crippen molar-refractivity contribution < 1.29 is 26.0 Å². The number of nitrogens with one attached hydrogen (secondary N) is 1. The van der Waals surface area contributed by atoms with Gasteiger partial charge in [-0.2, -0.15) is 12.7 Å². The average molecular weight is 608 g/mol. The first-order valence-electron chi connectivity index (χ1n) is 13.7. The van der Waals surface area contributed by atoms with Crippen LogP contribution in [0.3, 0.4) is 0 Å². The van der Waals surface area contributed by atoms with Crippen molar-refractivity contribution in [1.29, 1.82) is 0 Å². The molecule has 3 atom stereocenters. The topological polar surface area (TPSA) is 87.7 Å². The molecule has 4 heterocycles. The number of anilines is 2. The van der Waals surface area contributed by atoms with Crippen LogP contribution in [-0.2, 0) is 14.6 Å². The molecule has 2 saturated heterocycles. The fraction of sp³-hybridized carbons (Fsp3) is 0.500. The van der Waals surface area contributed by atoms with E-state index < -0.39 is 42.4 Å². The first-order valence-corrected chi connectivity index (χ1v) is 18.1. The minimum Gasteiger partial charge on any atom is -0.413 e. The number of hydrogen-bond donors (Lipinski definition) is 1. The average Bonchev–Trinajstić information content (AvgIpc) is 3.51. The monoisotopic (exact) mass is 607 g/mol. The number of pyridine rings is 2. The fourth-order valence-electron chi connectivity index (χ4n) is 5.17. The van der Waals surface area contributed by atoms with Gasteiger partial charge >= 0.3 is 10.2 Å². The Hall–Kier alpha value is -2.74. The highest BCUT2D eigenvalue weighted by molar-refractivity contribution is 7.90. The molecule has 0 radical (unpaired) electrons. The van der Waals surface area contributed by atoms with Crippen LogP contribution in [0, 0.1) is 11.6 Å². The van der Waals surface area contributed by atoms with Gasteiger partial charge in [0.1, 0.15) is 29.1 Å². The smallest absolute Gasteiger partial charge is 0.301 e. The lowest BCUT2D eigenvalue weighted by Gasteiger charge is -2.38. The molecule has 0 bridgehead atoms. The summed E-state index contributed by atoms with van der Waals surface area (Å²) >= 11 is 0. The Kier molecular flexibility index (Phi) is 7.85. The Morgan fingerprint density at radius 3 is 2.59 bits per heavy atom. The predicted octanol–water partition coefficient (Wildman–Crippen LogP) is 5.95. The first kappa shape index (κ1) is 29.7. The maximum absolute atomic E-state index is 14.6. The van der Waals surface area contributed by atoms with Gasteiger partial charge in [-0.3, -0.25) is 9.71 Å². The van der Waals surface area contributed by atoms with Crippen molar-refractivity contribution in [2.75, 3.05) is 29.3 Å². The summed E-state index contributed by atoms with van der Waals surface area (Å²) in [5.41, 5.74) is 0.958. The van der Waals surface area contributed by atoms with E-state index in [1.54, 1.807) is 17.0 Å². The third-order valence-corrected chi connectivity index (χ3v) is 14.4. The van der Waals surface area contributed by atoms with Crippen LogP contribution in [0.25, 0.3) is 11.0 Å². The third-order valence-electron chi connectivity index (χ3n) is 8.38. The van der Waals surface area contributed by atoms with Gasteiger partial charge in [-0.15, -0.1) is 0 Å². The lowest BCUT2D eigenvalue weighted by Crippen LogP contribution is -2.45. The van der Waals surface area contributed by atoms with E-state index in [-0.39, 0.29) is 47.4 Å². The Balaban J connectivity index is 1.40. The highest BCUT2D eigenvalue weighted by Crippen LogP contribution is 2.40. The summed E-state index contributed by atoms with van der Waals surface area (Å²) in [6, 6.07) is 7.14. The van der Waals surface area contributed by atoms with Crippen LogP contribution < -0.4 is 9.62 Å². The maximum Gasteiger partial charge on any atom is 0.301 e. The predicted molar refractivity (Wildman–Crippen MR) is 156 cm³/mol. The molecular weight excluding hydrogens is 571 g/mol. The number of hydrogen-bond acceptors (Lipinski definition) is 6. The van der Waals surface area contributed by atoms with Gasteiger partial charge < -0.3 is 9.33 Å². The number of benzene rings is 1. The minimum absolute atomic E-state index is 0.00777. The molecule has 2 fully saturated rings. The zero-order chi connectivity index (χ0) is 29.7. The van der Waals surface area contributed by atoms with E-state index in [1.807, 2.05) is 0 Å². The Morgan fingerprint density at radius 1 is 1.10 bits per heavy atom. The second kappa shape index (κ2) is 10.8. The summed E-state index contributed by atoms with van der Waals surface area (Å²) in [6.45, 7) is 11.2. The van der Waals surface area contributed by atoms with E-state index in [0.29, 0.717) is 24.3 Å². The zero-order valence-electron chi connectivity index (χ0n) is 23.9. The Bertz CT molecular complexity index is 1550. The largest absolute Gasteiger partial charge is 0.413 e. The quantitative estimate of drug-likeness (QED) is 0.334. The molecule has 2 aromatic heterocycles. The standard InChI is InChI=1S/C28H36F3N5O3SSi/c1-28(2,3)41(4,5)39-20-11-13-35(17-20)40(37,38)34-24-10-12-32-23-8-9-26(33-27(23)24)36-16-19(30)15-25(36)21-14-18(29)6-7-22(21)31/h6-10,12,14,19-20,25H,11,13,15-17H2,1-5H3,(H,32,34)/t19-,20-,25+/m0/s1. The van der Waals surface area contributed by atoms with Crippen molar-refractivity contribution in [3.8, 4) is 0 Å². The maximum atomic E-state index is 14.6. The molecule has 1 N–H and O–H groups in total. The molecule has 0 amide bonds. The molecule has 5 rings (SSSR count). The number of rotatable bonds is 7. The van der Waals surface area contributed by atoms with Crippen molar-refractivity contribution in [1.82, 2.24) is 14.3 Å². The third kappa shape index (κ3) is 6.08. The number of aromatic nitrogens is 2. The van der Waals surface area contributed by atoms with Crippen LogP contribution in [0.15, 0.2) is 42.6 Å². The van der Waals surface area contributed by atoms with Crippen LogP contribution in [-0.4, -0.2) is 62.9 Å². The highest BCUT2D eigenvalue weighted by Gasteiger charge is 2.42. The summed E-state index contributed by atoms with van der Waals surface area (Å²) in [4.78, 5) is 10.5. The van der Waals surface area contributed by atoms with Gasteiger partial charge in [0.2, 0.25) is 0 Å². The SMILES string of the molecule is CC(C)(C)[Si](C)(C)O[C@H]1CCN(S(=O)(=O)Nc2ccnc3ccc(N4C[C@@H](F)C[C@@H]4c4cc(F)ccc4F)nc23)C1. The molecule has 222 valence electrons. The molecule has 13 heteroatoms. The minimum atomic E-state index is -3.95. The Labute approximate surface area is 240 Å². The van der Waals surface area contributed by atoms with Gasteiger partial charge in [-0.05, 0) is 61.0 Å². The van der Waals surface area contributed by atoms with Crippen molar-refractivity contribution in [3.05, 3.63) is 59.8 Å². The molecule has 0 unspecified atom stereocenters. The first-order chi connectivity index (χ1) is 19.1. The van der Waals surface area contributed by atoms with E-state index in [4.69, 9.17) is 4.43 Å². The summed E-state index contributed by atoms with van der Waals surface area (Å²) < 4.78 is 80.5. The molecule has 2 aliphatic heterocycles. The summed E-state index contributed by atoms with van der Waals surface area (Å²) in [7, 11) is -6.01. The number of fused-ring (bicyclic) bond motifs is 1. The van der Waals surface area contributed by atoms with Crippen LogP contribution >= 0.6 is 0 Å². The van der Waals surface area contributed by atoms with Gasteiger partial charge in [0.15, 0.2) is 8.32 Å². The van der Waals surface area contributed by atoms with E-state index >= 15 is 0 Å². The van der Waals surface area contributed by atoms with Crippen LogP contribution in [0.2, 0.25) is 18.1 Å². The lowest BCUT2D eigenvalue weighted by molar-refractivity contribution is 0.193. The van der Waals surface area contributed by atoms with Gasteiger partial charge in [0, 0.05) is 31.3 Å². The van der Waals surface area contributed by atoms with Gasteiger partial charge in [-0.25, -0.2) is 18.2 Å². The molecule has 2 aliphatic rings. The molecule has 41 heavy (non-hydrogen) atoms. The van der Waals surface area contributed by atoms with E-state index in [9.17, 15) is 21.6 Å². The summed E-state index contributed by atoms with van der Waals surface area (Å²) in [5, 5.41) is 0.00777. The molecule has 0 aliphatic carbocycles. The number of nitrogens with zero attached hydrogens (tertiary/aromatic N) is 4. The molecule has 3 aromatic rings. The highest BCUT2D eigenvalue weighted by atomic mass is 32.2. The fourth-order valence-corrected chi connectivity index (χ4v) is 7.83. The van der Waals surface area contributed by atoms with Crippen LogP contribution in [0.1, 0.15) is 45.2 Å². The van der Waals surface area contributed by atoms with Crippen molar-refractivity contribution in [2.24, 2.45) is 0 Å². The van der Waals surface area contributed by atoms with Gasteiger partial charge in [0.25, 0.3) is 0 Å². The molecule has 0 spiro atoms. The van der Waals surface area contributed by atoms with Crippen LogP contribution in [0.4, 0.5) is 24.7 Å². The molecule has 8 nitrogen and oxygen atoms in total. The van der Waals surface area contributed by atoms with E-state index in [1.165, 1.54) is 16.6 Å².